The molecule has 0 unspecified atom stereocenters. The minimum Gasteiger partial charge on any atom is -0.494 e. The zero-order valence-corrected chi connectivity index (χ0v) is 9.85. The molecule has 0 radical (unpaired) electrons. The molecule has 0 aliphatic heterocycles. The number of carbonyl (C=O) groups is 2. The summed E-state index contributed by atoms with van der Waals surface area (Å²) in [5.41, 5.74) is 0. The van der Waals surface area contributed by atoms with E-state index in [0.717, 1.165) is 12.2 Å². The predicted octanol–water partition coefficient (Wildman–Crippen LogP) is 1.98. The van der Waals surface area contributed by atoms with Crippen molar-refractivity contribution in [3.05, 3.63) is 30.3 Å². The molecule has 0 aliphatic carbocycles. The summed E-state index contributed by atoms with van der Waals surface area (Å²) in [6.45, 7) is 0.540. The van der Waals surface area contributed by atoms with Gasteiger partial charge in [0.15, 0.2) is 0 Å². The number of hydrogen-bond donors (Lipinski definition) is 0. The lowest BCUT2D eigenvalue weighted by molar-refractivity contribution is -0.151. The summed E-state index contributed by atoms with van der Waals surface area (Å²) in [6.07, 6.45) is 1.57. The van der Waals surface area contributed by atoms with Gasteiger partial charge >= 0.3 is 5.97 Å². The van der Waals surface area contributed by atoms with Crippen molar-refractivity contribution in [2.75, 3.05) is 13.7 Å². The predicted molar refractivity (Wildman–Crippen MR) is 62.8 cm³/mol. The summed E-state index contributed by atoms with van der Waals surface area (Å²) in [5, 5.41) is 0. The molecule has 0 fully saturated rings. The summed E-state index contributed by atoms with van der Waals surface area (Å²) in [5.74, 6) is -0.437. The van der Waals surface area contributed by atoms with Gasteiger partial charge in [-0.3, -0.25) is 4.79 Å². The number of ketones is 1. The standard InChI is InChI=1S/C13H16O4/c1-16-13(15)12(14)9-5-6-10-17-11-7-3-2-4-8-11/h2-4,7-8H,5-6,9-10H2,1H3. The van der Waals surface area contributed by atoms with Gasteiger partial charge in [0.1, 0.15) is 5.75 Å². The van der Waals surface area contributed by atoms with Crippen LogP contribution in [0.15, 0.2) is 30.3 Å². The number of carbonyl (C=O) groups excluding carboxylic acids is 2. The van der Waals surface area contributed by atoms with Gasteiger partial charge in [0.25, 0.3) is 0 Å². The number of ether oxygens (including phenoxy) is 2. The fraction of sp³-hybridized carbons (Fsp3) is 0.385. The second-order valence-electron chi connectivity index (χ2n) is 3.53. The Morgan fingerprint density at radius 2 is 1.82 bits per heavy atom. The molecule has 1 aromatic carbocycles. The third kappa shape index (κ3) is 5.15. The summed E-state index contributed by atoms with van der Waals surface area (Å²) in [6, 6.07) is 9.47. The normalized spacial score (nSPS) is 9.71. The third-order valence-electron chi connectivity index (χ3n) is 2.22. The van der Waals surface area contributed by atoms with E-state index in [1.54, 1.807) is 0 Å². The number of benzene rings is 1. The first-order chi connectivity index (χ1) is 8.24. The van der Waals surface area contributed by atoms with E-state index in [-0.39, 0.29) is 6.42 Å². The highest BCUT2D eigenvalue weighted by Crippen LogP contribution is 2.09. The highest BCUT2D eigenvalue weighted by Gasteiger charge is 2.12. The molecular weight excluding hydrogens is 220 g/mol. The first-order valence-corrected chi connectivity index (χ1v) is 5.53. The zero-order valence-electron chi connectivity index (χ0n) is 9.85. The van der Waals surface area contributed by atoms with Gasteiger partial charge in [-0.25, -0.2) is 4.79 Å². The number of methoxy groups -OCH3 is 1. The second kappa shape index (κ2) is 7.44. The number of para-hydroxylation sites is 1. The minimum atomic E-state index is -0.769. The molecule has 1 rings (SSSR count). The Hall–Kier alpha value is -1.84. The maximum atomic E-state index is 11.1. The van der Waals surface area contributed by atoms with E-state index in [4.69, 9.17) is 4.74 Å². The van der Waals surface area contributed by atoms with E-state index >= 15 is 0 Å². The molecule has 0 aromatic heterocycles. The summed E-state index contributed by atoms with van der Waals surface area (Å²) < 4.78 is 9.77. The molecule has 4 nitrogen and oxygen atoms in total. The molecule has 0 spiro atoms. The lowest BCUT2D eigenvalue weighted by atomic mass is 10.2. The molecule has 1 aromatic rings. The molecule has 0 saturated carbocycles. The van der Waals surface area contributed by atoms with Crippen LogP contribution in [0.4, 0.5) is 0 Å². The maximum Gasteiger partial charge on any atom is 0.374 e. The van der Waals surface area contributed by atoms with Crippen molar-refractivity contribution in [2.24, 2.45) is 0 Å². The van der Waals surface area contributed by atoms with E-state index in [9.17, 15) is 9.59 Å². The molecule has 0 aliphatic rings. The van der Waals surface area contributed by atoms with Crippen molar-refractivity contribution in [1.29, 1.82) is 0 Å². The number of esters is 1. The van der Waals surface area contributed by atoms with Crippen LogP contribution in [0.2, 0.25) is 0 Å². The Morgan fingerprint density at radius 1 is 1.12 bits per heavy atom. The number of rotatable bonds is 7. The van der Waals surface area contributed by atoms with E-state index in [0.29, 0.717) is 13.0 Å². The molecule has 0 N–H and O–H groups in total. The van der Waals surface area contributed by atoms with Gasteiger partial charge in [0.05, 0.1) is 13.7 Å². The van der Waals surface area contributed by atoms with Gasteiger partial charge in [-0.2, -0.15) is 0 Å². The topological polar surface area (TPSA) is 52.6 Å². The van der Waals surface area contributed by atoms with Crippen LogP contribution in [-0.2, 0) is 14.3 Å². The van der Waals surface area contributed by atoms with Crippen molar-refractivity contribution in [2.45, 2.75) is 19.3 Å². The molecule has 0 amide bonds. The van der Waals surface area contributed by atoms with E-state index in [2.05, 4.69) is 4.74 Å². The van der Waals surface area contributed by atoms with Crippen molar-refractivity contribution < 1.29 is 19.1 Å². The highest BCUT2D eigenvalue weighted by atomic mass is 16.5. The largest absolute Gasteiger partial charge is 0.494 e. The Labute approximate surface area is 101 Å². The number of hydrogen-bond acceptors (Lipinski definition) is 4. The minimum absolute atomic E-state index is 0.213. The zero-order chi connectivity index (χ0) is 12.5. The van der Waals surface area contributed by atoms with Crippen molar-refractivity contribution in [3.63, 3.8) is 0 Å². The fourth-order valence-electron chi connectivity index (χ4n) is 1.31. The summed E-state index contributed by atoms with van der Waals surface area (Å²) in [7, 11) is 1.21. The molecular formula is C13H16O4. The molecule has 17 heavy (non-hydrogen) atoms. The maximum absolute atomic E-state index is 11.1. The van der Waals surface area contributed by atoms with Crippen molar-refractivity contribution in [1.82, 2.24) is 0 Å². The van der Waals surface area contributed by atoms with Crippen LogP contribution < -0.4 is 4.74 Å². The van der Waals surface area contributed by atoms with Gasteiger partial charge in [-0.05, 0) is 25.0 Å². The molecule has 0 heterocycles. The first-order valence-electron chi connectivity index (χ1n) is 5.53. The molecule has 92 valence electrons. The fourth-order valence-corrected chi connectivity index (χ4v) is 1.31. The lowest BCUT2D eigenvalue weighted by Crippen LogP contribution is -2.15. The Morgan fingerprint density at radius 3 is 2.47 bits per heavy atom. The van der Waals surface area contributed by atoms with E-state index in [1.165, 1.54) is 7.11 Å². The van der Waals surface area contributed by atoms with Gasteiger partial charge in [-0.1, -0.05) is 18.2 Å². The monoisotopic (exact) mass is 236 g/mol. The van der Waals surface area contributed by atoms with Gasteiger partial charge < -0.3 is 9.47 Å². The number of Topliss-reactive ketones (excluding diaryl/α,β-unsaturated/α-hetero) is 1. The van der Waals surface area contributed by atoms with Crippen LogP contribution in [-0.4, -0.2) is 25.5 Å². The first kappa shape index (κ1) is 13.2. The van der Waals surface area contributed by atoms with Crippen LogP contribution >= 0.6 is 0 Å². The van der Waals surface area contributed by atoms with E-state index in [1.807, 2.05) is 30.3 Å². The SMILES string of the molecule is COC(=O)C(=O)CCCCOc1ccccc1. The lowest BCUT2D eigenvalue weighted by Gasteiger charge is -2.04. The van der Waals surface area contributed by atoms with Crippen LogP contribution in [0.25, 0.3) is 0 Å². The van der Waals surface area contributed by atoms with Crippen molar-refractivity contribution in [3.8, 4) is 5.75 Å². The van der Waals surface area contributed by atoms with E-state index < -0.39 is 11.8 Å². The Balaban J connectivity index is 2.09. The average molecular weight is 236 g/mol. The quantitative estimate of drug-likeness (QED) is 0.412. The van der Waals surface area contributed by atoms with Crippen LogP contribution in [0.1, 0.15) is 19.3 Å². The molecule has 0 bridgehead atoms. The Bertz CT molecular complexity index is 359. The number of unbranched alkanes of at least 4 members (excludes halogenated alkanes) is 1. The van der Waals surface area contributed by atoms with Gasteiger partial charge in [0.2, 0.25) is 5.78 Å². The van der Waals surface area contributed by atoms with Gasteiger partial charge in [0, 0.05) is 6.42 Å². The second-order valence-corrected chi connectivity index (χ2v) is 3.53. The molecule has 0 saturated heterocycles. The smallest absolute Gasteiger partial charge is 0.374 e. The Kier molecular flexibility index (Phi) is 5.79. The van der Waals surface area contributed by atoms with Crippen LogP contribution in [0, 0.1) is 0 Å². The van der Waals surface area contributed by atoms with Crippen molar-refractivity contribution >= 4 is 11.8 Å². The molecule has 4 heteroatoms. The van der Waals surface area contributed by atoms with Gasteiger partial charge in [-0.15, -0.1) is 0 Å². The average Bonchev–Trinajstić information content (AvgIpc) is 2.38. The van der Waals surface area contributed by atoms with Crippen LogP contribution in [0.3, 0.4) is 0 Å². The third-order valence-corrected chi connectivity index (χ3v) is 2.22. The molecule has 0 atom stereocenters. The summed E-state index contributed by atoms with van der Waals surface area (Å²) in [4.78, 5) is 21.9. The highest BCUT2D eigenvalue weighted by molar-refractivity contribution is 6.33. The summed E-state index contributed by atoms with van der Waals surface area (Å²) >= 11 is 0. The van der Waals surface area contributed by atoms with Crippen LogP contribution in [0.5, 0.6) is 5.75 Å².